The first-order chi connectivity index (χ1) is 9.46. The Morgan fingerprint density at radius 1 is 1.24 bits per heavy atom. The zero-order valence-electron chi connectivity index (χ0n) is 14.4. The summed E-state index contributed by atoms with van der Waals surface area (Å²) in [6.07, 6.45) is 0. The quantitative estimate of drug-likeness (QED) is 0.928. The molecule has 0 radical (unpaired) electrons. The highest BCUT2D eigenvalue weighted by atomic mass is 32.1. The van der Waals surface area contributed by atoms with Gasteiger partial charge in [0.05, 0.1) is 16.9 Å². The molecule has 4 nitrogen and oxygen atoms in total. The van der Waals surface area contributed by atoms with Crippen molar-refractivity contribution in [3.8, 4) is 0 Å². The lowest BCUT2D eigenvalue weighted by Gasteiger charge is -2.47. The normalized spacial score (nSPS) is 21.6. The molecule has 120 valence electrons. The van der Waals surface area contributed by atoms with Crippen LogP contribution < -0.4 is 10.2 Å². The molecule has 2 rings (SSSR count). The van der Waals surface area contributed by atoms with E-state index in [1.54, 1.807) is 11.3 Å². The van der Waals surface area contributed by atoms with E-state index < -0.39 is 0 Å². The zero-order chi connectivity index (χ0) is 15.9. The third-order valence-corrected chi connectivity index (χ3v) is 4.26. The summed E-state index contributed by atoms with van der Waals surface area (Å²) < 4.78 is 6.13. The number of hydrogen-bond acceptors (Lipinski definition) is 5. The standard InChI is InChI=1S/C16H29N3OS/c1-14(2,3)17-8-12-9-21-13(18-12)19-10-15(4,5)20-16(6,7)11-19/h9,17H,8,10-11H2,1-7H3. The SMILES string of the molecule is CC(C)(C)NCc1csc(N2CC(C)(C)OC(C)(C)C2)n1. The summed E-state index contributed by atoms with van der Waals surface area (Å²) >= 11 is 1.73. The van der Waals surface area contributed by atoms with Crippen LogP contribution in [0.2, 0.25) is 0 Å². The molecule has 0 spiro atoms. The van der Waals surface area contributed by atoms with Crippen LogP contribution in [0.5, 0.6) is 0 Å². The van der Waals surface area contributed by atoms with Crippen molar-refractivity contribution in [1.82, 2.24) is 10.3 Å². The van der Waals surface area contributed by atoms with Gasteiger partial charge in [0.25, 0.3) is 0 Å². The lowest BCUT2D eigenvalue weighted by Crippen LogP contribution is -2.57. The summed E-state index contributed by atoms with van der Waals surface area (Å²) in [4.78, 5) is 7.15. The predicted molar refractivity (Wildman–Crippen MR) is 90.2 cm³/mol. The maximum absolute atomic E-state index is 6.13. The topological polar surface area (TPSA) is 37.4 Å². The number of thiazole rings is 1. The number of rotatable bonds is 3. The van der Waals surface area contributed by atoms with Crippen LogP contribution in [0.25, 0.3) is 0 Å². The Morgan fingerprint density at radius 3 is 2.33 bits per heavy atom. The van der Waals surface area contributed by atoms with Crippen molar-refractivity contribution < 1.29 is 4.74 Å². The van der Waals surface area contributed by atoms with Crippen molar-refractivity contribution in [3.05, 3.63) is 11.1 Å². The zero-order valence-corrected chi connectivity index (χ0v) is 15.2. The first-order valence-corrected chi connectivity index (χ1v) is 8.48. The molecule has 5 heteroatoms. The second-order valence-corrected chi connectivity index (χ2v) is 9.04. The van der Waals surface area contributed by atoms with Crippen molar-refractivity contribution >= 4 is 16.5 Å². The van der Waals surface area contributed by atoms with Gasteiger partial charge in [0, 0.05) is 30.6 Å². The van der Waals surface area contributed by atoms with E-state index in [2.05, 4.69) is 64.1 Å². The van der Waals surface area contributed by atoms with E-state index in [0.717, 1.165) is 30.5 Å². The van der Waals surface area contributed by atoms with Gasteiger partial charge in [-0.1, -0.05) is 0 Å². The predicted octanol–water partition coefficient (Wildman–Crippen LogP) is 3.43. The molecule has 0 saturated carbocycles. The number of anilines is 1. The summed E-state index contributed by atoms with van der Waals surface area (Å²) in [6, 6.07) is 0. The van der Waals surface area contributed by atoms with Crippen LogP contribution in [0.3, 0.4) is 0 Å². The number of hydrogen-bond donors (Lipinski definition) is 1. The lowest BCUT2D eigenvalue weighted by atomic mass is 9.99. The molecule has 2 heterocycles. The fourth-order valence-electron chi connectivity index (χ4n) is 2.80. The van der Waals surface area contributed by atoms with Crippen LogP contribution in [0.15, 0.2) is 5.38 Å². The Labute approximate surface area is 132 Å². The van der Waals surface area contributed by atoms with E-state index in [0.29, 0.717) is 0 Å². The van der Waals surface area contributed by atoms with E-state index in [9.17, 15) is 0 Å². The summed E-state index contributed by atoms with van der Waals surface area (Å²) in [6.45, 7) is 17.7. The van der Waals surface area contributed by atoms with Crippen molar-refractivity contribution in [2.24, 2.45) is 0 Å². The van der Waals surface area contributed by atoms with Gasteiger partial charge in [-0.25, -0.2) is 4.98 Å². The van der Waals surface area contributed by atoms with E-state index >= 15 is 0 Å². The van der Waals surface area contributed by atoms with E-state index in [4.69, 9.17) is 9.72 Å². The van der Waals surface area contributed by atoms with Gasteiger partial charge in [0.15, 0.2) is 5.13 Å². The van der Waals surface area contributed by atoms with Crippen molar-refractivity contribution in [2.45, 2.75) is 71.8 Å². The number of ether oxygens (including phenoxy) is 1. The highest BCUT2D eigenvalue weighted by molar-refractivity contribution is 7.13. The van der Waals surface area contributed by atoms with Gasteiger partial charge in [0.1, 0.15) is 0 Å². The fraction of sp³-hybridized carbons (Fsp3) is 0.812. The molecule has 1 fully saturated rings. The average Bonchev–Trinajstić information content (AvgIpc) is 2.69. The smallest absolute Gasteiger partial charge is 0.185 e. The summed E-state index contributed by atoms with van der Waals surface area (Å²) in [5.41, 5.74) is 0.952. The molecule has 0 aliphatic carbocycles. The Bertz CT molecular complexity index is 472. The molecule has 1 aliphatic heterocycles. The van der Waals surface area contributed by atoms with Gasteiger partial charge in [-0.15, -0.1) is 11.3 Å². The van der Waals surface area contributed by atoms with Crippen LogP contribution in [-0.2, 0) is 11.3 Å². The Hall–Kier alpha value is -0.650. The van der Waals surface area contributed by atoms with E-state index in [1.165, 1.54) is 0 Å². The number of nitrogens with zero attached hydrogens (tertiary/aromatic N) is 2. The summed E-state index contributed by atoms with van der Waals surface area (Å²) in [7, 11) is 0. The molecule has 1 saturated heterocycles. The van der Waals surface area contributed by atoms with Crippen LogP contribution in [0.4, 0.5) is 5.13 Å². The second kappa shape index (κ2) is 5.52. The molecular formula is C16H29N3OS. The van der Waals surface area contributed by atoms with Crippen molar-refractivity contribution in [2.75, 3.05) is 18.0 Å². The minimum Gasteiger partial charge on any atom is -0.366 e. The van der Waals surface area contributed by atoms with Gasteiger partial charge < -0.3 is 15.0 Å². The average molecular weight is 311 g/mol. The highest BCUT2D eigenvalue weighted by Crippen LogP contribution is 2.32. The Morgan fingerprint density at radius 2 is 1.81 bits per heavy atom. The van der Waals surface area contributed by atoms with Crippen molar-refractivity contribution in [1.29, 1.82) is 0 Å². The van der Waals surface area contributed by atoms with Crippen LogP contribution in [-0.4, -0.2) is 34.8 Å². The van der Waals surface area contributed by atoms with Gasteiger partial charge >= 0.3 is 0 Å². The van der Waals surface area contributed by atoms with E-state index in [-0.39, 0.29) is 16.7 Å². The lowest BCUT2D eigenvalue weighted by molar-refractivity contribution is -0.133. The maximum Gasteiger partial charge on any atom is 0.185 e. The molecule has 21 heavy (non-hydrogen) atoms. The van der Waals surface area contributed by atoms with Crippen molar-refractivity contribution in [3.63, 3.8) is 0 Å². The minimum absolute atomic E-state index is 0.118. The molecule has 1 aromatic rings. The van der Waals surface area contributed by atoms with Gasteiger partial charge in [-0.2, -0.15) is 0 Å². The first-order valence-electron chi connectivity index (χ1n) is 7.60. The summed E-state index contributed by atoms with van der Waals surface area (Å²) in [5.74, 6) is 0. The molecule has 0 aromatic carbocycles. The minimum atomic E-state index is -0.142. The van der Waals surface area contributed by atoms with Gasteiger partial charge in [-0.05, 0) is 48.5 Å². The number of morpholine rings is 1. The number of nitrogens with one attached hydrogen (secondary N) is 1. The monoisotopic (exact) mass is 311 g/mol. The first kappa shape index (κ1) is 16.7. The molecule has 1 aromatic heterocycles. The van der Waals surface area contributed by atoms with Crippen LogP contribution in [0.1, 0.15) is 54.2 Å². The molecule has 0 amide bonds. The molecular weight excluding hydrogens is 282 g/mol. The second-order valence-electron chi connectivity index (χ2n) is 8.20. The molecule has 0 unspecified atom stereocenters. The third-order valence-electron chi connectivity index (χ3n) is 3.31. The molecule has 1 aliphatic rings. The fourth-order valence-corrected chi connectivity index (χ4v) is 3.63. The van der Waals surface area contributed by atoms with E-state index in [1.807, 2.05) is 0 Å². The van der Waals surface area contributed by atoms with Crippen LogP contribution in [0, 0.1) is 0 Å². The molecule has 1 N–H and O–H groups in total. The van der Waals surface area contributed by atoms with Gasteiger partial charge in [-0.3, -0.25) is 0 Å². The Balaban J connectivity index is 2.07. The summed E-state index contributed by atoms with van der Waals surface area (Å²) in [5, 5.41) is 6.75. The molecule has 0 bridgehead atoms. The largest absolute Gasteiger partial charge is 0.366 e. The maximum atomic E-state index is 6.13. The van der Waals surface area contributed by atoms with Crippen LogP contribution >= 0.6 is 11.3 Å². The third kappa shape index (κ3) is 4.94. The molecule has 0 atom stereocenters. The van der Waals surface area contributed by atoms with Gasteiger partial charge in [0.2, 0.25) is 0 Å². The number of aromatic nitrogens is 1. The highest BCUT2D eigenvalue weighted by Gasteiger charge is 2.39. The Kier molecular flexibility index (Phi) is 4.40.